The number of guanidine groups is 1. The fourth-order valence-corrected chi connectivity index (χ4v) is 3.56. The van der Waals surface area contributed by atoms with Gasteiger partial charge in [0.2, 0.25) is 0 Å². The van der Waals surface area contributed by atoms with Gasteiger partial charge < -0.3 is 15.5 Å². The van der Waals surface area contributed by atoms with Crippen LogP contribution in [0.4, 0.5) is 5.82 Å². The number of anilines is 1. The summed E-state index contributed by atoms with van der Waals surface area (Å²) < 4.78 is 0. The molecule has 3 rings (SSSR count). The summed E-state index contributed by atoms with van der Waals surface area (Å²) >= 11 is 1.71. The van der Waals surface area contributed by atoms with E-state index in [1.165, 1.54) is 23.3 Å². The van der Waals surface area contributed by atoms with Crippen molar-refractivity contribution in [3.63, 3.8) is 0 Å². The van der Waals surface area contributed by atoms with Gasteiger partial charge in [-0.3, -0.25) is 0 Å². The predicted molar refractivity (Wildman–Crippen MR) is 104 cm³/mol. The molecule has 2 N–H and O–H groups in total. The van der Waals surface area contributed by atoms with Gasteiger partial charge in [-0.2, -0.15) is 0 Å². The summed E-state index contributed by atoms with van der Waals surface area (Å²) in [7, 11) is 0. The standard InChI is InChI=1S/C18H26N6S/c1-3-19-18(23-13-17-21-11-14(2)25-17)22-12-15-6-7-20-16(10-15)24-8-4-5-9-24/h6-7,10-11H,3-5,8-9,12-13H2,1-2H3,(H2,19,22,23). The van der Waals surface area contributed by atoms with Crippen LogP contribution in [0.5, 0.6) is 0 Å². The molecular formula is C18H26N6S. The highest BCUT2D eigenvalue weighted by molar-refractivity contribution is 7.11. The molecule has 0 aromatic carbocycles. The van der Waals surface area contributed by atoms with Crippen molar-refractivity contribution in [1.29, 1.82) is 0 Å². The van der Waals surface area contributed by atoms with Crippen LogP contribution in [0.1, 0.15) is 35.2 Å². The monoisotopic (exact) mass is 358 g/mol. The smallest absolute Gasteiger partial charge is 0.191 e. The van der Waals surface area contributed by atoms with Crippen LogP contribution in [0.25, 0.3) is 0 Å². The first-order valence-corrected chi connectivity index (χ1v) is 9.69. The molecule has 0 spiro atoms. The van der Waals surface area contributed by atoms with Crippen molar-refractivity contribution < 1.29 is 0 Å². The lowest BCUT2D eigenvalue weighted by Gasteiger charge is -2.16. The summed E-state index contributed by atoms with van der Waals surface area (Å²) in [5.74, 6) is 1.89. The van der Waals surface area contributed by atoms with Crippen molar-refractivity contribution in [1.82, 2.24) is 20.6 Å². The number of aromatic nitrogens is 2. The van der Waals surface area contributed by atoms with Crippen molar-refractivity contribution in [2.45, 2.75) is 39.8 Å². The maximum atomic E-state index is 4.70. The van der Waals surface area contributed by atoms with Crippen LogP contribution in [0.3, 0.4) is 0 Å². The minimum Gasteiger partial charge on any atom is -0.357 e. The third-order valence-electron chi connectivity index (χ3n) is 4.08. The second-order valence-corrected chi connectivity index (χ2v) is 7.45. The van der Waals surface area contributed by atoms with Gasteiger partial charge in [0.1, 0.15) is 10.8 Å². The zero-order chi connectivity index (χ0) is 17.5. The summed E-state index contributed by atoms with van der Waals surface area (Å²) in [6.45, 7) is 8.52. The lowest BCUT2D eigenvalue weighted by atomic mass is 10.2. The molecule has 0 unspecified atom stereocenters. The highest BCUT2D eigenvalue weighted by atomic mass is 32.1. The Morgan fingerprint density at radius 3 is 2.84 bits per heavy atom. The van der Waals surface area contributed by atoms with Gasteiger partial charge in [-0.25, -0.2) is 15.0 Å². The number of pyridine rings is 1. The fraction of sp³-hybridized carbons (Fsp3) is 0.500. The molecule has 1 aliphatic rings. The van der Waals surface area contributed by atoms with E-state index in [2.05, 4.69) is 45.4 Å². The molecule has 134 valence electrons. The molecule has 2 aromatic heterocycles. The minimum atomic E-state index is 0.635. The summed E-state index contributed by atoms with van der Waals surface area (Å²) in [6.07, 6.45) is 6.31. The van der Waals surface area contributed by atoms with E-state index in [0.717, 1.165) is 36.4 Å². The molecule has 1 fully saturated rings. The Labute approximate surface area is 153 Å². The van der Waals surface area contributed by atoms with E-state index in [1.54, 1.807) is 11.3 Å². The number of aliphatic imine (C=N–C) groups is 1. The summed E-state index contributed by atoms with van der Waals surface area (Å²) in [6, 6.07) is 4.19. The normalized spacial score (nSPS) is 14.8. The highest BCUT2D eigenvalue weighted by Crippen LogP contribution is 2.18. The maximum Gasteiger partial charge on any atom is 0.191 e. The van der Waals surface area contributed by atoms with Gasteiger partial charge in [-0.05, 0) is 44.4 Å². The van der Waals surface area contributed by atoms with Gasteiger partial charge in [-0.15, -0.1) is 11.3 Å². The Hall–Kier alpha value is -2.15. The van der Waals surface area contributed by atoms with E-state index in [1.807, 2.05) is 18.5 Å². The van der Waals surface area contributed by atoms with Crippen molar-refractivity contribution in [2.75, 3.05) is 24.5 Å². The average Bonchev–Trinajstić information content (AvgIpc) is 3.29. The fourth-order valence-electron chi connectivity index (χ4n) is 2.83. The number of hydrogen-bond acceptors (Lipinski definition) is 5. The first-order valence-electron chi connectivity index (χ1n) is 8.88. The minimum absolute atomic E-state index is 0.635. The lowest BCUT2D eigenvalue weighted by Crippen LogP contribution is -2.36. The van der Waals surface area contributed by atoms with E-state index in [4.69, 9.17) is 4.99 Å². The van der Waals surface area contributed by atoms with Gasteiger partial charge in [0.25, 0.3) is 0 Å². The van der Waals surface area contributed by atoms with Crippen LogP contribution >= 0.6 is 11.3 Å². The lowest BCUT2D eigenvalue weighted by molar-refractivity contribution is 0.811. The molecule has 3 heterocycles. The number of nitrogens with zero attached hydrogens (tertiary/aromatic N) is 4. The van der Waals surface area contributed by atoms with E-state index < -0.39 is 0 Å². The van der Waals surface area contributed by atoms with Gasteiger partial charge in [0, 0.05) is 36.9 Å². The zero-order valence-electron chi connectivity index (χ0n) is 15.0. The van der Waals surface area contributed by atoms with Crippen LogP contribution in [0, 0.1) is 6.92 Å². The van der Waals surface area contributed by atoms with Crippen LogP contribution in [0.2, 0.25) is 0 Å². The number of thiazole rings is 1. The van der Waals surface area contributed by atoms with Crippen LogP contribution in [0.15, 0.2) is 29.5 Å². The molecule has 1 aliphatic heterocycles. The number of hydrogen-bond donors (Lipinski definition) is 2. The van der Waals surface area contributed by atoms with Gasteiger partial charge in [0.05, 0.1) is 13.1 Å². The molecule has 1 saturated heterocycles. The second-order valence-electron chi connectivity index (χ2n) is 6.13. The Bertz CT molecular complexity index is 705. The van der Waals surface area contributed by atoms with E-state index in [0.29, 0.717) is 13.1 Å². The highest BCUT2D eigenvalue weighted by Gasteiger charge is 2.13. The topological polar surface area (TPSA) is 65.4 Å². The largest absolute Gasteiger partial charge is 0.357 e. The number of rotatable bonds is 6. The molecule has 7 heteroatoms. The van der Waals surface area contributed by atoms with Crippen molar-refractivity contribution >= 4 is 23.1 Å². The number of nitrogens with one attached hydrogen (secondary N) is 2. The molecule has 25 heavy (non-hydrogen) atoms. The third-order valence-corrected chi connectivity index (χ3v) is 4.99. The quantitative estimate of drug-likeness (QED) is 0.614. The first-order chi connectivity index (χ1) is 12.2. The van der Waals surface area contributed by atoms with Crippen molar-refractivity contribution in [2.24, 2.45) is 4.99 Å². The summed E-state index contributed by atoms with van der Waals surface area (Å²) in [5, 5.41) is 7.71. The molecule has 0 saturated carbocycles. The van der Waals surface area contributed by atoms with Gasteiger partial charge >= 0.3 is 0 Å². The van der Waals surface area contributed by atoms with Crippen molar-refractivity contribution in [3.05, 3.63) is 40.0 Å². The molecule has 0 bridgehead atoms. The van der Waals surface area contributed by atoms with Crippen molar-refractivity contribution in [3.8, 4) is 0 Å². The molecule has 0 aliphatic carbocycles. The SMILES string of the molecule is CCNC(=NCc1ccnc(N2CCCC2)c1)NCc1ncc(C)s1. The van der Waals surface area contributed by atoms with E-state index >= 15 is 0 Å². The molecule has 0 amide bonds. The molecule has 6 nitrogen and oxygen atoms in total. The Morgan fingerprint density at radius 2 is 2.12 bits per heavy atom. The second kappa shape index (κ2) is 8.80. The maximum absolute atomic E-state index is 4.70. The van der Waals surface area contributed by atoms with E-state index in [-0.39, 0.29) is 0 Å². The molecular weight excluding hydrogens is 332 g/mol. The first kappa shape index (κ1) is 17.7. The third kappa shape index (κ3) is 5.16. The average molecular weight is 359 g/mol. The molecule has 0 radical (unpaired) electrons. The summed E-state index contributed by atoms with van der Waals surface area (Å²) in [4.78, 5) is 17.2. The Kier molecular flexibility index (Phi) is 6.22. The Morgan fingerprint density at radius 1 is 1.28 bits per heavy atom. The zero-order valence-corrected chi connectivity index (χ0v) is 15.8. The van der Waals surface area contributed by atoms with Crippen LogP contribution < -0.4 is 15.5 Å². The van der Waals surface area contributed by atoms with Crippen LogP contribution in [-0.4, -0.2) is 35.6 Å². The molecule has 2 aromatic rings. The number of aryl methyl sites for hydroxylation is 1. The predicted octanol–water partition coefficient (Wildman–Crippen LogP) is 2.70. The summed E-state index contributed by atoms with van der Waals surface area (Å²) in [5.41, 5.74) is 1.18. The Balaban J connectivity index is 1.61. The van der Waals surface area contributed by atoms with E-state index in [9.17, 15) is 0 Å². The van der Waals surface area contributed by atoms with Gasteiger partial charge in [-0.1, -0.05) is 0 Å². The molecule has 0 atom stereocenters. The van der Waals surface area contributed by atoms with Gasteiger partial charge in [0.15, 0.2) is 5.96 Å². The van der Waals surface area contributed by atoms with Crippen LogP contribution in [-0.2, 0) is 13.1 Å².